The average molecular weight is 396 g/mol. The van der Waals surface area contributed by atoms with E-state index in [9.17, 15) is 18.0 Å². The highest BCUT2D eigenvalue weighted by Gasteiger charge is 2.34. The van der Waals surface area contributed by atoms with Crippen LogP contribution in [0.5, 0.6) is 6.01 Å². The number of aromatic nitrogens is 2. The Morgan fingerprint density at radius 3 is 2.41 bits per heavy atom. The minimum Gasteiger partial charge on any atom is -0.459 e. The van der Waals surface area contributed by atoms with Gasteiger partial charge in [0.25, 0.3) is 0 Å². The molecule has 0 spiro atoms. The number of imide groups is 1. The maximum absolute atomic E-state index is 12.6. The molecule has 2 fully saturated rings. The normalized spacial score (nSPS) is 21.7. The molecule has 3 rings (SSSR count). The van der Waals surface area contributed by atoms with Gasteiger partial charge in [0, 0.05) is 37.3 Å². The van der Waals surface area contributed by atoms with Gasteiger partial charge in [-0.05, 0) is 32.8 Å². The van der Waals surface area contributed by atoms with Crippen molar-refractivity contribution in [1.29, 1.82) is 0 Å². The van der Waals surface area contributed by atoms with Crippen LogP contribution in [0.25, 0.3) is 0 Å². The number of carbonyl (C=O) groups is 2. The molecule has 0 saturated carbocycles. The molecule has 0 bridgehead atoms. The van der Waals surface area contributed by atoms with Gasteiger partial charge in [0.05, 0.1) is 12.3 Å². The lowest BCUT2D eigenvalue weighted by atomic mass is 10.1. The molecule has 2 saturated heterocycles. The molecule has 1 unspecified atom stereocenters. The Morgan fingerprint density at radius 2 is 1.78 bits per heavy atom. The third kappa shape index (κ3) is 4.81. The number of likely N-dealkylation sites (tertiary alicyclic amines) is 1. The van der Waals surface area contributed by atoms with Crippen molar-refractivity contribution in [2.24, 2.45) is 0 Å². The van der Waals surface area contributed by atoms with Gasteiger partial charge in [0.15, 0.2) is 0 Å². The van der Waals surface area contributed by atoms with Crippen LogP contribution >= 0.6 is 0 Å². The van der Waals surface area contributed by atoms with E-state index in [2.05, 4.69) is 9.97 Å². The second-order valence-corrected chi connectivity index (χ2v) is 9.02. The van der Waals surface area contributed by atoms with Gasteiger partial charge in [-0.25, -0.2) is 18.4 Å². The van der Waals surface area contributed by atoms with Crippen molar-refractivity contribution in [2.45, 2.75) is 45.6 Å². The summed E-state index contributed by atoms with van der Waals surface area (Å²) in [7, 11) is -3.58. The van der Waals surface area contributed by atoms with Crippen LogP contribution in [0.4, 0.5) is 0 Å². The van der Waals surface area contributed by atoms with Gasteiger partial charge in [0.2, 0.25) is 21.8 Å². The minimum absolute atomic E-state index is 0.0950. The molecule has 9 nitrogen and oxygen atoms in total. The zero-order valence-electron chi connectivity index (χ0n) is 15.5. The molecular weight excluding hydrogens is 372 g/mol. The van der Waals surface area contributed by atoms with Crippen LogP contribution in [-0.2, 0) is 19.6 Å². The fourth-order valence-corrected chi connectivity index (χ4v) is 4.78. The van der Waals surface area contributed by atoms with Crippen molar-refractivity contribution in [3.05, 3.63) is 17.5 Å². The van der Waals surface area contributed by atoms with E-state index in [-0.39, 0.29) is 42.8 Å². The Bertz CT molecular complexity index is 805. The van der Waals surface area contributed by atoms with Gasteiger partial charge < -0.3 is 4.74 Å². The van der Waals surface area contributed by atoms with Gasteiger partial charge in [0.1, 0.15) is 6.10 Å². The largest absolute Gasteiger partial charge is 0.459 e. The molecule has 10 heteroatoms. The summed E-state index contributed by atoms with van der Waals surface area (Å²) in [5.74, 6) is -0.857. The summed E-state index contributed by atoms with van der Waals surface area (Å²) in [5.41, 5.74) is 1.58. The maximum Gasteiger partial charge on any atom is 0.317 e. The second-order valence-electron chi connectivity index (χ2n) is 6.93. The number of aryl methyl sites for hydroxylation is 2. The minimum atomic E-state index is -3.58. The Labute approximate surface area is 158 Å². The fraction of sp³-hybridized carbons (Fsp3) is 0.647. The van der Waals surface area contributed by atoms with Crippen LogP contribution in [0.15, 0.2) is 6.07 Å². The molecule has 1 aromatic heterocycles. The quantitative estimate of drug-likeness (QED) is 0.641. The van der Waals surface area contributed by atoms with E-state index in [1.165, 1.54) is 4.31 Å². The molecule has 148 valence electrons. The Hall–Kier alpha value is -2.07. The van der Waals surface area contributed by atoms with Gasteiger partial charge in [-0.2, -0.15) is 4.31 Å². The van der Waals surface area contributed by atoms with E-state index in [0.29, 0.717) is 32.2 Å². The zero-order valence-corrected chi connectivity index (χ0v) is 16.4. The second kappa shape index (κ2) is 7.89. The van der Waals surface area contributed by atoms with Crippen molar-refractivity contribution < 1.29 is 22.7 Å². The highest BCUT2D eigenvalue weighted by Crippen LogP contribution is 2.20. The number of sulfonamides is 1. The summed E-state index contributed by atoms with van der Waals surface area (Å²) in [6.07, 6.45) is 1.34. The zero-order chi connectivity index (χ0) is 19.6. The predicted molar refractivity (Wildman–Crippen MR) is 96.5 cm³/mol. The third-order valence-corrected chi connectivity index (χ3v) is 6.51. The molecular formula is C17H24N4O5S. The van der Waals surface area contributed by atoms with E-state index < -0.39 is 10.0 Å². The summed E-state index contributed by atoms with van der Waals surface area (Å²) in [5, 5.41) is 0. The van der Waals surface area contributed by atoms with E-state index in [1.807, 2.05) is 19.9 Å². The van der Waals surface area contributed by atoms with Crippen LogP contribution in [0.3, 0.4) is 0 Å². The number of piperidine rings is 1. The van der Waals surface area contributed by atoms with Crippen LogP contribution in [0.2, 0.25) is 0 Å². The summed E-state index contributed by atoms with van der Waals surface area (Å²) < 4.78 is 32.3. The molecule has 27 heavy (non-hydrogen) atoms. The standard InChI is InChI=1S/C17H24N4O5S/c1-12-10-13(2)19-17(18-12)26-14-6-7-20(11-14)27(24,25)9-8-21-15(22)4-3-5-16(21)23/h10,14H,3-9,11H2,1-2H3. The highest BCUT2D eigenvalue weighted by atomic mass is 32.2. The van der Waals surface area contributed by atoms with E-state index >= 15 is 0 Å². The molecule has 2 aliphatic rings. The third-order valence-electron chi connectivity index (χ3n) is 4.69. The van der Waals surface area contributed by atoms with Gasteiger partial charge in [-0.15, -0.1) is 0 Å². The van der Waals surface area contributed by atoms with Gasteiger partial charge >= 0.3 is 6.01 Å². The summed E-state index contributed by atoms with van der Waals surface area (Å²) in [4.78, 5) is 33.1. The van der Waals surface area contributed by atoms with Gasteiger partial charge in [-0.3, -0.25) is 14.5 Å². The number of rotatable bonds is 6. The average Bonchev–Trinajstić information content (AvgIpc) is 3.02. The number of hydrogen-bond acceptors (Lipinski definition) is 7. The van der Waals surface area contributed by atoms with Crippen molar-refractivity contribution in [3.63, 3.8) is 0 Å². The highest BCUT2D eigenvalue weighted by molar-refractivity contribution is 7.89. The molecule has 1 aromatic rings. The number of ether oxygens (including phenoxy) is 1. The van der Waals surface area contributed by atoms with E-state index in [0.717, 1.165) is 16.3 Å². The lowest BCUT2D eigenvalue weighted by Gasteiger charge is -2.25. The summed E-state index contributed by atoms with van der Waals surface area (Å²) in [6, 6.07) is 2.09. The molecule has 0 aliphatic carbocycles. The molecule has 1 atom stereocenters. The molecule has 0 radical (unpaired) electrons. The molecule has 3 heterocycles. The first-order chi connectivity index (χ1) is 12.7. The van der Waals surface area contributed by atoms with Crippen molar-refractivity contribution >= 4 is 21.8 Å². The monoisotopic (exact) mass is 396 g/mol. The van der Waals surface area contributed by atoms with Crippen LogP contribution in [-0.4, -0.2) is 70.9 Å². The number of hydrogen-bond donors (Lipinski definition) is 0. The first-order valence-electron chi connectivity index (χ1n) is 9.04. The van der Waals surface area contributed by atoms with Gasteiger partial charge in [-0.1, -0.05) is 0 Å². The number of carbonyl (C=O) groups excluding carboxylic acids is 2. The predicted octanol–water partition coefficient (Wildman–Crippen LogP) is 0.415. The van der Waals surface area contributed by atoms with Crippen molar-refractivity contribution in [1.82, 2.24) is 19.2 Å². The fourth-order valence-electron chi connectivity index (χ4n) is 3.33. The SMILES string of the molecule is Cc1cc(C)nc(OC2CCN(S(=O)(=O)CCN3C(=O)CCCC3=O)C2)n1. The molecule has 0 aromatic carbocycles. The van der Waals surface area contributed by atoms with Crippen molar-refractivity contribution in [2.75, 3.05) is 25.4 Å². The number of amides is 2. The topological polar surface area (TPSA) is 110 Å². The van der Waals surface area contributed by atoms with E-state index in [1.54, 1.807) is 0 Å². The summed E-state index contributed by atoms with van der Waals surface area (Å²) >= 11 is 0. The maximum atomic E-state index is 12.6. The van der Waals surface area contributed by atoms with Crippen molar-refractivity contribution in [3.8, 4) is 6.01 Å². The van der Waals surface area contributed by atoms with Crippen LogP contribution < -0.4 is 4.74 Å². The Kier molecular flexibility index (Phi) is 5.75. The number of nitrogens with zero attached hydrogens (tertiary/aromatic N) is 4. The lowest BCUT2D eigenvalue weighted by molar-refractivity contribution is -0.147. The molecule has 0 N–H and O–H groups in total. The Morgan fingerprint density at radius 1 is 1.15 bits per heavy atom. The smallest absolute Gasteiger partial charge is 0.317 e. The first kappa shape index (κ1) is 19.7. The van der Waals surface area contributed by atoms with Crippen LogP contribution in [0.1, 0.15) is 37.1 Å². The first-order valence-corrected chi connectivity index (χ1v) is 10.7. The Balaban J connectivity index is 1.56. The van der Waals surface area contributed by atoms with E-state index in [4.69, 9.17) is 4.74 Å². The van der Waals surface area contributed by atoms with Crippen LogP contribution in [0, 0.1) is 13.8 Å². The lowest BCUT2D eigenvalue weighted by Crippen LogP contribution is -2.44. The summed E-state index contributed by atoms with van der Waals surface area (Å²) in [6.45, 7) is 4.13. The molecule has 2 aliphatic heterocycles. The molecule has 2 amide bonds.